The van der Waals surface area contributed by atoms with Gasteiger partial charge in [-0.1, -0.05) is 36.7 Å². The molecule has 1 aromatic heterocycles. The van der Waals surface area contributed by atoms with Gasteiger partial charge in [0.1, 0.15) is 5.76 Å². The van der Waals surface area contributed by atoms with Crippen molar-refractivity contribution in [3.05, 3.63) is 51.4 Å². The average Bonchev–Trinajstić information content (AvgIpc) is 2.85. The lowest BCUT2D eigenvalue weighted by atomic mass is 9.75. The Morgan fingerprint density at radius 3 is 2.68 bits per heavy atom. The first-order valence-corrected chi connectivity index (χ1v) is 8.51. The van der Waals surface area contributed by atoms with Crippen LogP contribution in [0.15, 0.2) is 27.8 Å². The van der Waals surface area contributed by atoms with Crippen molar-refractivity contribution in [2.75, 3.05) is 5.32 Å². The predicted octanol–water partition coefficient (Wildman–Crippen LogP) is 4.95. The van der Waals surface area contributed by atoms with E-state index in [-0.39, 0.29) is 17.1 Å². The number of rotatable bonds is 2. The number of aryl methyl sites for hydroxylation is 1. The van der Waals surface area contributed by atoms with Crippen LogP contribution in [0.4, 0.5) is 5.69 Å². The van der Waals surface area contributed by atoms with E-state index >= 15 is 0 Å². The van der Waals surface area contributed by atoms with Crippen molar-refractivity contribution >= 4 is 28.9 Å². The highest BCUT2D eigenvalue weighted by Gasteiger charge is 2.36. The predicted molar refractivity (Wildman–Crippen MR) is 98.0 cm³/mol. The van der Waals surface area contributed by atoms with Crippen LogP contribution in [0.5, 0.6) is 0 Å². The Labute approximate surface area is 151 Å². The molecule has 1 amide bonds. The number of amides is 1. The zero-order valence-corrected chi connectivity index (χ0v) is 15.5. The molecule has 2 N–H and O–H groups in total. The number of nitrogens with one attached hydrogen (secondary N) is 1. The van der Waals surface area contributed by atoms with Crippen LogP contribution >= 0.6 is 11.6 Å². The summed E-state index contributed by atoms with van der Waals surface area (Å²) in [6, 6.07) is 5.34. The molecule has 1 heterocycles. The maximum Gasteiger partial charge on any atom is 0.291 e. The van der Waals surface area contributed by atoms with Crippen molar-refractivity contribution < 1.29 is 14.4 Å². The van der Waals surface area contributed by atoms with Crippen LogP contribution in [-0.4, -0.2) is 16.8 Å². The van der Waals surface area contributed by atoms with Crippen molar-refractivity contribution in [2.45, 2.75) is 40.5 Å². The molecule has 0 fully saturated rings. The molecule has 1 aliphatic carbocycles. The summed E-state index contributed by atoms with van der Waals surface area (Å²) in [6.07, 6.45) is 1.32. The van der Waals surface area contributed by atoms with Crippen LogP contribution in [0.2, 0.25) is 5.02 Å². The molecular weight excluding hydrogens is 340 g/mol. The molecule has 2 aromatic rings. The maximum atomic E-state index is 12.7. The van der Waals surface area contributed by atoms with E-state index in [4.69, 9.17) is 16.0 Å². The number of nitrogens with zero attached hydrogens (tertiary/aromatic N) is 1. The number of hydrogen-bond donors (Lipinski definition) is 2. The van der Waals surface area contributed by atoms with E-state index in [9.17, 15) is 10.0 Å². The van der Waals surface area contributed by atoms with Crippen molar-refractivity contribution in [3.63, 3.8) is 0 Å². The van der Waals surface area contributed by atoms with E-state index in [1.165, 1.54) is 0 Å². The minimum atomic E-state index is -0.345. The summed E-state index contributed by atoms with van der Waals surface area (Å²) in [5.74, 6) is 0.580. The van der Waals surface area contributed by atoms with Crippen molar-refractivity contribution in [1.29, 1.82) is 0 Å². The molecule has 3 rings (SSSR count). The van der Waals surface area contributed by atoms with Gasteiger partial charge in [0.25, 0.3) is 5.91 Å². The molecule has 0 saturated heterocycles. The molecule has 0 aliphatic heterocycles. The maximum absolute atomic E-state index is 12.7. The molecule has 25 heavy (non-hydrogen) atoms. The number of anilines is 1. The van der Waals surface area contributed by atoms with Gasteiger partial charge in [-0.2, -0.15) is 0 Å². The van der Waals surface area contributed by atoms with Crippen LogP contribution in [-0.2, 0) is 6.42 Å². The third-order valence-corrected chi connectivity index (χ3v) is 4.96. The van der Waals surface area contributed by atoms with Gasteiger partial charge in [-0.25, -0.2) is 0 Å². The van der Waals surface area contributed by atoms with Crippen molar-refractivity contribution in [1.82, 2.24) is 0 Å². The molecule has 0 atom stereocenters. The first-order valence-electron chi connectivity index (χ1n) is 8.13. The molecule has 1 aliphatic rings. The molecule has 0 unspecified atom stereocenters. The smallest absolute Gasteiger partial charge is 0.291 e. The summed E-state index contributed by atoms with van der Waals surface area (Å²) in [5, 5.41) is 16.2. The molecular formula is C19H21ClN2O3. The largest absolute Gasteiger partial charge is 0.455 e. The standard InChI is InChI=1S/C19H21ClN2O3/c1-10-5-6-12(7-13(10)20)21-18(23)17-11(2)16-14(22-24)8-19(3,4)9-15(16)25-17/h5-7,24H,8-9H2,1-4H3,(H,21,23)/b22-14-. The Bertz CT molecular complexity index is 881. The highest BCUT2D eigenvalue weighted by Crippen LogP contribution is 2.39. The van der Waals surface area contributed by atoms with E-state index in [0.717, 1.165) is 11.1 Å². The van der Waals surface area contributed by atoms with Gasteiger partial charge in [-0.3, -0.25) is 4.79 Å². The van der Waals surface area contributed by atoms with Crippen LogP contribution in [0, 0.1) is 19.3 Å². The number of halogens is 1. The third kappa shape index (κ3) is 3.29. The second-order valence-corrected chi connectivity index (χ2v) is 7.74. The minimum absolute atomic E-state index is 0.0862. The quantitative estimate of drug-likeness (QED) is 0.587. The van der Waals surface area contributed by atoms with Gasteiger partial charge in [0, 0.05) is 28.3 Å². The first kappa shape index (κ1) is 17.5. The Morgan fingerprint density at radius 2 is 2.04 bits per heavy atom. The van der Waals surface area contributed by atoms with Crippen LogP contribution < -0.4 is 5.32 Å². The number of furan rings is 1. The molecule has 6 heteroatoms. The van der Waals surface area contributed by atoms with Crippen LogP contribution in [0.3, 0.4) is 0 Å². The molecule has 0 spiro atoms. The van der Waals surface area contributed by atoms with E-state index in [1.807, 2.05) is 19.9 Å². The summed E-state index contributed by atoms with van der Waals surface area (Å²) in [4.78, 5) is 12.7. The Kier molecular flexibility index (Phi) is 4.37. The lowest BCUT2D eigenvalue weighted by Crippen LogP contribution is -2.27. The number of benzene rings is 1. The summed E-state index contributed by atoms with van der Waals surface area (Å²) < 4.78 is 5.86. The van der Waals surface area contributed by atoms with Gasteiger partial charge in [-0.15, -0.1) is 0 Å². The summed E-state index contributed by atoms with van der Waals surface area (Å²) in [5.41, 5.74) is 3.45. The molecule has 5 nitrogen and oxygen atoms in total. The SMILES string of the molecule is Cc1ccc(NC(=O)c2oc3c(c2C)/C(=N\O)CC(C)(C)C3)cc1Cl. The monoisotopic (exact) mass is 360 g/mol. The number of oxime groups is 1. The second kappa shape index (κ2) is 6.23. The molecule has 0 radical (unpaired) electrons. The minimum Gasteiger partial charge on any atom is -0.455 e. The van der Waals surface area contributed by atoms with Gasteiger partial charge in [0.15, 0.2) is 5.76 Å². The van der Waals surface area contributed by atoms with E-state index in [2.05, 4.69) is 24.3 Å². The first-order chi connectivity index (χ1) is 11.7. The molecule has 1 aromatic carbocycles. The number of carbonyl (C=O) groups is 1. The number of fused-ring (bicyclic) bond motifs is 1. The van der Waals surface area contributed by atoms with Crippen LogP contribution in [0.1, 0.15) is 53.3 Å². The molecule has 0 saturated carbocycles. The Morgan fingerprint density at radius 1 is 1.32 bits per heavy atom. The lowest BCUT2D eigenvalue weighted by molar-refractivity contribution is 0.0993. The fraction of sp³-hybridized carbons (Fsp3) is 0.368. The van der Waals surface area contributed by atoms with Gasteiger partial charge in [0.2, 0.25) is 0 Å². The Hall–Kier alpha value is -2.27. The fourth-order valence-corrected chi connectivity index (χ4v) is 3.46. The zero-order valence-electron chi connectivity index (χ0n) is 14.7. The van der Waals surface area contributed by atoms with Gasteiger partial charge in [0.05, 0.1) is 5.71 Å². The Balaban J connectivity index is 1.95. The summed E-state index contributed by atoms with van der Waals surface area (Å²) in [7, 11) is 0. The average molecular weight is 361 g/mol. The summed E-state index contributed by atoms with van der Waals surface area (Å²) in [6.45, 7) is 7.86. The van der Waals surface area contributed by atoms with E-state index < -0.39 is 0 Å². The highest BCUT2D eigenvalue weighted by atomic mass is 35.5. The highest BCUT2D eigenvalue weighted by molar-refractivity contribution is 6.31. The van der Waals surface area contributed by atoms with Crippen molar-refractivity contribution in [2.24, 2.45) is 10.6 Å². The van der Waals surface area contributed by atoms with E-state index in [1.54, 1.807) is 12.1 Å². The molecule has 132 valence electrons. The third-order valence-electron chi connectivity index (χ3n) is 4.55. The second-order valence-electron chi connectivity index (χ2n) is 7.34. The molecule has 0 bridgehead atoms. The van der Waals surface area contributed by atoms with Crippen LogP contribution in [0.25, 0.3) is 0 Å². The number of carbonyl (C=O) groups excluding carboxylic acids is 1. The van der Waals surface area contributed by atoms with E-state index in [0.29, 0.717) is 40.6 Å². The zero-order chi connectivity index (χ0) is 18.4. The van der Waals surface area contributed by atoms with Crippen molar-refractivity contribution in [3.8, 4) is 0 Å². The number of hydrogen-bond acceptors (Lipinski definition) is 4. The van der Waals surface area contributed by atoms with Gasteiger partial charge >= 0.3 is 0 Å². The van der Waals surface area contributed by atoms with Gasteiger partial charge in [-0.05, 0) is 43.4 Å². The normalized spacial score (nSPS) is 17.4. The van der Waals surface area contributed by atoms with Gasteiger partial charge < -0.3 is 14.9 Å². The summed E-state index contributed by atoms with van der Waals surface area (Å²) >= 11 is 6.11. The lowest BCUT2D eigenvalue weighted by Gasteiger charge is -2.28. The fourth-order valence-electron chi connectivity index (χ4n) is 3.27. The topological polar surface area (TPSA) is 74.8 Å².